The zero-order chi connectivity index (χ0) is 17.5. The summed E-state index contributed by atoms with van der Waals surface area (Å²) in [6.45, 7) is 2.29. The van der Waals surface area contributed by atoms with E-state index in [1.54, 1.807) is 0 Å². The van der Waals surface area contributed by atoms with E-state index < -0.39 is 0 Å². The fourth-order valence-electron chi connectivity index (χ4n) is 6.37. The van der Waals surface area contributed by atoms with E-state index in [4.69, 9.17) is 0 Å². The molecule has 0 aromatic carbocycles. The average molecular weight is 411 g/mol. The lowest BCUT2D eigenvalue weighted by Crippen LogP contribution is -2.58. The number of halogens is 1. The highest BCUT2D eigenvalue weighted by molar-refractivity contribution is 9.10. The largest absolute Gasteiger partial charge is 0.355 e. The molecule has 140 valence electrons. The van der Waals surface area contributed by atoms with E-state index in [9.17, 15) is 9.59 Å². The lowest BCUT2D eigenvalue weighted by molar-refractivity contribution is -0.144. The lowest BCUT2D eigenvalue weighted by Gasteiger charge is -2.59. The fraction of sp³-hybridized carbons (Fsp3) is 0.900. The highest BCUT2D eigenvalue weighted by Gasteiger charge is 2.59. The van der Waals surface area contributed by atoms with Gasteiger partial charge in [0.2, 0.25) is 11.8 Å². The van der Waals surface area contributed by atoms with Crippen molar-refractivity contribution in [2.24, 2.45) is 17.3 Å². The van der Waals surface area contributed by atoms with E-state index in [0.717, 1.165) is 45.2 Å². The van der Waals surface area contributed by atoms with Crippen LogP contribution in [0.1, 0.15) is 70.6 Å². The number of nitrogens with zero attached hydrogens (tertiary/aromatic N) is 1. The third-order valence-corrected chi connectivity index (χ3v) is 7.98. The first-order valence-electron chi connectivity index (χ1n) is 10.2. The topological polar surface area (TPSA) is 49.4 Å². The molecular weight excluding hydrogens is 380 g/mol. The molecule has 4 nitrogen and oxygen atoms in total. The van der Waals surface area contributed by atoms with E-state index in [0.29, 0.717) is 24.8 Å². The summed E-state index contributed by atoms with van der Waals surface area (Å²) >= 11 is 3.97. The molecule has 5 rings (SSSR count). The molecule has 5 aliphatic rings. The molecule has 2 unspecified atom stereocenters. The Bertz CT molecular complexity index is 528. The van der Waals surface area contributed by atoms with Crippen LogP contribution in [0.2, 0.25) is 0 Å². The van der Waals surface area contributed by atoms with E-state index in [1.807, 2.05) is 4.90 Å². The molecule has 1 N–H and O–H groups in total. The minimum Gasteiger partial charge on any atom is -0.355 e. The van der Waals surface area contributed by atoms with Gasteiger partial charge >= 0.3 is 0 Å². The number of hydrogen-bond acceptors (Lipinski definition) is 2. The second-order valence-electron chi connectivity index (χ2n) is 9.19. The zero-order valence-electron chi connectivity index (χ0n) is 15.2. The average Bonchev–Trinajstić information content (AvgIpc) is 2.81. The molecule has 25 heavy (non-hydrogen) atoms. The number of carbonyl (C=O) groups is 2. The van der Waals surface area contributed by atoms with Crippen molar-refractivity contribution in [1.29, 1.82) is 0 Å². The van der Waals surface area contributed by atoms with Crippen molar-refractivity contribution in [2.75, 3.05) is 19.6 Å². The van der Waals surface area contributed by atoms with Crippen LogP contribution in [0.4, 0.5) is 0 Å². The van der Waals surface area contributed by atoms with Gasteiger partial charge in [0, 0.05) is 30.4 Å². The molecule has 4 bridgehead atoms. The summed E-state index contributed by atoms with van der Waals surface area (Å²) in [5.74, 6) is 1.86. The monoisotopic (exact) mass is 410 g/mol. The molecule has 0 radical (unpaired) electrons. The van der Waals surface area contributed by atoms with Gasteiger partial charge in [-0.3, -0.25) is 9.59 Å². The van der Waals surface area contributed by atoms with Crippen molar-refractivity contribution in [2.45, 2.75) is 75.0 Å². The summed E-state index contributed by atoms with van der Waals surface area (Å²) in [6.07, 6.45) is 12.1. The van der Waals surface area contributed by atoms with Crippen molar-refractivity contribution in [3.05, 3.63) is 0 Å². The van der Waals surface area contributed by atoms with Crippen molar-refractivity contribution < 1.29 is 9.59 Å². The van der Waals surface area contributed by atoms with Gasteiger partial charge in [0.05, 0.1) is 5.41 Å². The smallest absolute Gasteiger partial charge is 0.226 e. The first-order valence-corrected chi connectivity index (χ1v) is 11.0. The molecule has 5 heteroatoms. The summed E-state index contributed by atoms with van der Waals surface area (Å²) in [5.41, 5.74) is -0.167. The van der Waals surface area contributed by atoms with E-state index >= 15 is 0 Å². The molecule has 1 saturated heterocycles. The Balaban J connectivity index is 1.30. The van der Waals surface area contributed by atoms with E-state index in [1.165, 1.54) is 32.1 Å². The Hall–Kier alpha value is -0.580. The minimum absolute atomic E-state index is 0.167. The third kappa shape index (κ3) is 3.63. The van der Waals surface area contributed by atoms with Gasteiger partial charge in [0.25, 0.3) is 0 Å². The molecule has 1 aliphatic heterocycles. The highest BCUT2D eigenvalue weighted by atomic mass is 79.9. The molecule has 4 aliphatic carbocycles. The molecule has 0 spiro atoms. The predicted octanol–water partition coefficient (Wildman–Crippen LogP) is 3.63. The number of hydrogen-bond donors (Lipinski definition) is 1. The summed E-state index contributed by atoms with van der Waals surface area (Å²) in [5, 5.41) is 3.14. The molecule has 4 saturated carbocycles. The number of alkyl halides is 1. The number of carbonyl (C=O) groups excluding carboxylic acids is 2. The van der Waals surface area contributed by atoms with Crippen LogP contribution in [-0.4, -0.2) is 40.7 Å². The van der Waals surface area contributed by atoms with Gasteiger partial charge in [-0.05, 0) is 63.2 Å². The fourth-order valence-corrected chi connectivity index (χ4v) is 7.82. The van der Waals surface area contributed by atoms with Gasteiger partial charge < -0.3 is 10.2 Å². The normalized spacial score (nSPS) is 40.0. The Morgan fingerprint density at radius 2 is 1.64 bits per heavy atom. The van der Waals surface area contributed by atoms with Gasteiger partial charge in [0.15, 0.2) is 0 Å². The number of amides is 2. The Kier molecular flexibility index (Phi) is 4.89. The maximum absolute atomic E-state index is 13.0. The Labute approximate surface area is 159 Å². The molecule has 0 aromatic heterocycles. The van der Waals surface area contributed by atoms with Crippen LogP contribution in [0.15, 0.2) is 0 Å². The maximum Gasteiger partial charge on any atom is 0.226 e. The van der Waals surface area contributed by atoms with Crippen molar-refractivity contribution in [3.63, 3.8) is 0 Å². The molecular formula is C20H31BrN2O2. The summed E-state index contributed by atoms with van der Waals surface area (Å²) < 4.78 is 0.205. The van der Waals surface area contributed by atoms with Crippen LogP contribution in [0, 0.1) is 17.3 Å². The Morgan fingerprint density at radius 3 is 2.24 bits per heavy atom. The quantitative estimate of drug-likeness (QED) is 0.719. The molecule has 1 heterocycles. The maximum atomic E-state index is 13.0. The first-order chi connectivity index (χ1) is 12.0. The standard InChI is InChI=1S/C20H31BrN2O2/c21-20-12-15-9-16(13-20)11-19(10-15,14-20)18(25)22-6-5-17(24)23-7-3-1-2-4-8-23/h15-16H,1-14H2,(H,22,25). The van der Waals surface area contributed by atoms with Gasteiger partial charge in [-0.15, -0.1) is 0 Å². The lowest BCUT2D eigenvalue weighted by atomic mass is 9.49. The molecule has 5 fully saturated rings. The summed E-state index contributed by atoms with van der Waals surface area (Å²) in [7, 11) is 0. The van der Waals surface area contributed by atoms with Crippen LogP contribution >= 0.6 is 15.9 Å². The first kappa shape index (κ1) is 17.8. The van der Waals surface area contributed by atoms with Crippen molar-refractivity contribution >= 4 is 27.7 Å². The van der Waals surface area contributed by atoms with Crippen LogP contribution < -0.4 is 5.32 Å². The molecule has 0 aromatic rings. The molecule has 2 amide bonds. The number of rotatable bonds is 4. The minimum atomic E-state index is -0.167. The van der Waals surface area contributed by atoms with Crippen LogP contribution in [0.25, 0.3) is 0 Å². The van der Waals surface area contributed by atoms with E-state index in [2.05, 4.69) is 21.2 Å². The summed E-state index contributed by atoms with van der Waals surface area (Å²) in [6, 6.07) is 0. The van der Waals surface area contributed by atoms with Gasteiger partial charge in [-0.1, -0.05) is 28.8 Å². The second-order valence-corrected chi connectivity index (χ2v) is 10.9. The Morgan fingerprint density at radius 1 is 1.00 bits per heavy atom. The van der Waals surface area contributed by atoms with Crippen LogP contribution in [0.5, 0.6) is 0 Å². The van der Waals surface area contributed by atoms with Gasteiger partial charge in [-0.25, -0.2) is 0 Å². The predicted molar refractivity (Wildman–Crippen MR) is 101 cm³/mol. The molecule has 2 atom stereocenters. The SMILES string of the molecule is O=C(CCNC(=O)C12CC3CC(CC(Br)(C3)C1)C2)N1CCCCCC1. The zero-order valence-corrected chi connectivity index (χ0v) is 16.8. The third-order valence-electron chi connectivity index (χ3n) is 7.05. The van der Waals surface area contributed by atoms with Crippen molar-refractivity contribution in [1.82, 2.24) is 10.2 Å². The van der Waals surface area contributed by atoms with Gasteiger partial charge in [0.1, 0.15) is 0 Å². The van der Waals surface area contributed by atoms with Crippen LogP contribution in [0.3, 0.4) is 0 Å². The van der Waals surface area contributed by atoms with Crippen molar-refractivity contribution in [3.8, 4) is 0 Å². The van der Waals surface area contributed by atoms with Crippen LogP contribution in [-0.2, 0) is 9.59 Å². The van der Waals surface area contributed by atoms with E-state index in [-0.39, 0.29) is 21.6 Å². The second kappa shape index (κ2) is 6.86. The number of likely N-dealkylation sites (tertiary alicyclic amines) is 1. The van der Waals surface area contributed by atoms with Gasteiger partial charge in [-0.2, -0.15) is 0 Å². The highest BCUT2D eigenvalue weighted by Crippen LogP contribution is 2.64. The number of nitrogens with one attached hydrogen (secondary N) is 1. The summed E-state index contributed by atoms with van der Waals surface area (Å²) in [4.78, 5) is 27.4.